The van der Waals surface area contributed by atoms with Crippen molar-refractivity contribution in [1.29, 1.82) is 0 Å². The molecule has 5 nitrogen and oxygen atoms in total. The summed E-state index contributed by atoms with van der Waals surface area (Å²) in [4.78, 5) is -0.207. The number of benzene rings is 1. The second-order valence-corrected chi connectivity index (χ2v) is 6.53. The zero-order valence-corrected chi connectivity index (χ0v) is 11.7. The van der Waals surface area contributed by atoms with Crippen LogP contribution in [0.1, 0.15) is 20.3 Å². The molecule has 0 aliphatic rings. The maximum atomic E-state index is 13.3. The van der Waals surface area contributed by atoms with Gasteiger partial charge in [-0.15, -0.1) is 0 Å². The highest BCUT2D eigenvalue weighted by molar-refractivity contribution is 7.89. The number of nitrogens with two attached hydrogens (primary N) is 1. The second kappa shape index (κ2) is 6.31. The molecule has 4 N–H and O–H groups in total. The van der Waals surface area contributed by atoms with Crippen LogP contribution in [0, 0.1) is 11.7 Å². The van der Waals surface area contributed by atoms with Crippen molar-refractivity contribution in [3.63, 3.8) is 0 Å². The summed E-state index contributed by atoms with van der Waals surface area (Å²) in [6.07, 6.45) is 0.493. The molecule has 0 saturated carbocycles. The minimum atomic E-state index is -3.86. The largest absolute Gasteiger partial charge is 0.396 e. The van der Waals surface area contributed by atoms with Gasteiger partial charge in [0.05, 0.1) is 17.2 Å². The first kappa shape index (κ1) is 15.9. The molecule has 108 valence electrons. The Balaban J connectivity index is 2.93. The standard InChI is InChI=1S/C12H19FN2O3S/c1-8(2)5-9(7-16)15-19(17,18)10-3-4-12(14)11(13)6-10/h3-4,6,8-9,15-16H,5,7,14H2,1-2H3. The van der Waals surface area contributed by atoms with Crippen molar-refractivity contribution in [2.75, 3.05) is 12.3 Å². The third-order valence-electron chi connectivity index (χ3n) is 2.58. The Kier molecular flexibility index (Phi) is 5.28. The third kappa shape index (κ3) is 4.45. The van der Waals surface area contributed by atoms with Crippen LogP contribution in [-0.4, -0.2) is 26.2 Å². The summed E-state index contributed by atoms with van der Waals surface area (Å²) in [6, 6.07) is 2.69. The first-order chi connectivity index (χ1) is 8.76. The van der Waals surface area contributed by atoms with E-state index in [1.54, 1.807) is 0 Å². The Morgan fingerprint density at radius 1 is 1.42 bits per heavy atom. The van der Waals surface area contributed by atoms with Gasteiger partial charge in [-0.3, -0.25) is 0 Å². The van der Waals surface area contributed by atoms with E-state index in [1.165, 1.54) is 12.1 Å². The highest BCUT2D eigenvalue weighted by atomic mass is 32.2. The minimum absolute atomic E-state index is 0.111. The number of aliphatic hydroxyl groups excluding tert-OH is 1. The van der Waals surface area contributed by atoms with Crippen LogP contribution in [-0.2, 0) is 10.0 Å². The number of hydrogen-bond donors (Lipinski definition) is 3. The summed E-state index contributed by atoms with van der Waals surface area (Å²) in [5, 5.41) is 9.16. The number of sulfonamides is 1. The van der Waals surface area contributed by atoms with Gasteiger partial charge in [0.15, 0.2) is 0 Å². The third-order valence-corrected chi connectivity index (χ3v) is 4.10. The zero-order valence-electron chi connectivity index (χ0n) is 10.9. The van der Waals surface area contributed by atoms with E-state index in [0.29, 0.717) is 6.42 Å². The van der Waals surface area contributed by atoms with Gasteiger partial charge in [-0.05, 0) is 30.5 Å². The first-order valence-electron chi connectivity index (χ1n) is 5.94. The van der Waals surface area contributed by atoms with E-state index in [2.05, 4.69) is 4.72 Å². The Labute approximate surface area is 112 Å². The van der Waals surface area contributed by atoms with Gasteiger partial charge in [0.1, 0.15) is 5.82 Å². The molecule has 1 atom stereocenters. The summed E-state index contributed by atoms with van der Waals surface area (Å²) >= 11 is 0. The molecule has 1 rings (SSSR count). The Hall–Kier alpha value is -1.18. The molecule has 0 radical (unpaired) electrons. The van der Waals surface area contributed by atoms with Gasteiger partial charge in [-0.2, -0.15) is 0 Å². The SMILES string of the molecule is CC(C)CC(CO)NS(=O)(=O)c1ccc(N)c(F)c1. The average molecular weight is 290 g/mol. The number of anilines is 1. The van der Waals surface area contributed by atoms with Crippen LogP contribution in [0.3, 0.4) is 0 Å². The number of rotatable bonds is 6. The van der Waals surface area contributed by atoms with Crippen LogP contribution in [0.5, 0.6) is 0 Å². The highest BCUT2D eigenvalue weighted by Crippen LogP contribution is 2.17. The van der Waals surface area contributed by atoms with Crippen molar-refractivity contribution in [2.45, 2.75) is 31.2 Å². The summed E-state index contributed by atoms with van der Waals surface area (Å²) in [6.45, 7) is 3.52. The lowest BCUT2D eigenvalue weighted by molar-refractivity contribution is 0.240. The fraction of sp³-hybridized carbons (Fsp3) is 0.500. The van der Waals surface area contributed by atoms with Crippen molar-refractivity contribution >= 4 is 15.7 Å². The van der Waals surface area contributed by atoms with Gasteiger partial charge in [-0.1, -0.05) is 13.8 Å². The van der Waals surface area contributed by atoms with Crippen molar-refractivity contribution in [1.82, 2.24) is 4.72 Å². The molecule has 0 amide bonds. The van der Waals surface area contributed by atoms with E-state index < -0.39 is 21.9 Å². The molecule has 0 aliphatic carbocycles. The molecule has 0 heterocycles. The molecule has 0 fully saturated rings. The summed E-state index contributed by atoms with van der Waals surface area (Å²) < 4.78 is 39.7. The molecule has 0 aliphatic heterocycles. The lowest BCUT2D eigenvalue weighted by Gasteiger charge is -2.18. The van der Waals surface area contributed by atoms with Crippen LogP contribution in [0.15, 0.2) is 23.1 Å². The molecule has 0 aromatic heterocycles. The maximum absolute atomic E-state index is 13.3. The van der Waals surface area contributed by atoms with Crippen molar-refractivity contribution < 1.29 is 17.9 Å². The van der Waals surface area contributed by atoms with E-state index >= 15 is 0 Å². The predicted molar refractivity (Wildman–Crippen MR) is 71.5 cm³/mol. The van der Waals surface area contributed by atoms with Crippen LogP contribution < -0.4 is 10.5 Å². The van der Waals surface area contributed by atoms with Gasteiger partial charge in [-0.25, -0.2) is 17.5 Å². The number of nitrogen functional groups attached to an aromatic ring is 1. The fourth-order valence-electron chi connectivity index (χ4n) is 1.69. The van der Waals surface area contributed by atoms with Gasteiger partial charge < -0.3 is 10.8 Å². The van der Waals surface area contributed by atoms with Crippen LogP contribution in [0.25, 0.3) is 0 Å². The van der Waals surface area contributed by atoms with E-state index in [-0.39, 0.29) is 23.1 Å². The first-order valence-corrected chi connectivity index (χ1v) is 7.42. The van der Waals surface area contributed by atoms with Crippen molar-refractivity contribution in [3.05, 3.63) is 24.0 Å². The summed E-state index contributed by atoms with van der Waals surface area (Å²) in [5.41, 5.74) is 5.18. The van der Waals surface area contributed by atoms with E-state index in [9.17, 15) is 12.8 Å². The van der Waals surface area contributed by atoms with E-state index in [1.807, 2.05) is 13.8 Å². The van der Waals surface area contributed by atoms with E-state index in [4.69, 9.17) is 10.8 Å². The quantitative estimate of drug-likeness (QED) is 0.684. The molecule has 0 saturated heterocycles. The van der Waals surface area contributed by atoms with Gasteiger partial charge in [0, 0.05) is 6.04 Å². The van der Waals surface area contributed by atoms with Gasteiger partial charge >= 0.3 is 0 Å². The minimum Gasteiger partial charge on any atom is -0.396 e. The van der Waals surface area contributed by atoms with E-state index in [0.717, 1.165) is 6.07 Å². The second-order valence-electron chi connectivity index (χ2n) is 4.81. The molecule has 1 unspecified atom stereocenters. The number of halogens is 1. The Morgan fingerprint density at radius 2 is 2.05 bits per heavy atom. The maximum Gasteiger partial charge on any atom is 0.241 e. The lowest BCUT2D eigenvalue weighted by atomic mass is 10.1. The monoisotopic (exact) mass is 290 g/mol. The predicted octanol–water partition coefficient (Wildman–Crippen LogP) is 1.09. The lowest BCUT2D eigenvalue weighted by Crippen LogP contribution is -2.38. The zero-order chi connectivity index (χ0) is 14.6. The molecule has 0 bridgehead atoms. The molecular formula is C12H19FN2O3S. The highest BCUT2D eigenvalue weighted by Gasteiger charge is 2.21. The summed E-state index contributed by atoms with van der Waals surface area (Å²) in [7, 11) is -3.86. The number of nitrogens with one attached hydrogen (secondary N) is 1. The van der Waals surface area contributed by atoms with Crippen LogP contribution in [0.4, 0.5) is 10.1 Å². The Bertz CT molecular complexity index is 532. The van der Waals surface area contributed by atoms with Crippen LogP contribution in [0.2, 0.25) is 0 Å². The fourth-order valence-corrected chi connectivity index (χ4v) is 2.94. The average Bonchev–Trinajstić information content (AvgIpc) is 2.30. The molecule has 7 heteroatoms. The van der Waals surface area contributed by atoms with Crippen LogP contribution >= 0.6 is 0 Å². The van der Waals surface area contributed by atoms with Crippen molar-refractivity contribution in [2.24, 2.45) is 5.92 Å². The van der Waals surface area contributed by atoms with Gasteiger partial charge in [0.25, 0.3) is 0 Å². The number of hydrogen-bond acceptors (Lipinski definition) is 4. The molecular weight excluding hydrogens is 271 g/mol. The molecule has 1 aromatic carbocycles. The number of aliphatic hydroxyl groups is 1. The topological polar surface area (TPSA) is 92.4 Å². The molecule has 1 aromatic rings. The van der Waals surface area contributed by atoms with Gasteiger partial charge in [0.2, 0.25) is 10.0 Å². The smallest absolute Gasteiger partial charge is 0.241 e. The molecule has 0 spiro atoms. The Morgan fingerprint density at radius 3 is 2.53 bits per heavy atom. The van der Waals surface area contributed by atoms with Crippen molar-refractivity contribution in [3.8, 4) is 0 Å². The molecule has 19 heavy (non-hydrogen) atoms. The normalized spacial score (nSPS) is 13.7. The summed E-state index contributed by atoms with van der Waals surface area (Å²) in [5.74, 6) is -0.560.